The highest BCUT2D eigenvalue weighted by molar-refractivity contribution is 7.89. The Labute approximate surface area is 119 Å². The third-order valence-electron chi connectivity index (χ3n) is 3.31. The van der Waals surface area contributed by atoms with Gasteiger partial charge in [-0.05, 0) is 18.2 Å². The highest BCUT2D eigenvalue weighted by Gasteiger charge is 2.23. The molecular weight excluding hydrogens is 296 g/mol. The summed E-state index contributed by atoms with van der Waals surface area (Å²) >= 11 is 1.42. The lowest BCUT2D eigenvalue weighted by Gasteiger charge is -2.04. The maximum atomic E-state index is 12.6. The van der Waals surface area contributed by atoms with Gasteiger partial charge in [-0.3, -0.25) is 0 Å². The van der Waals surface area contributed by atoms with Gasteiger partial charge in [0.25, 0.3) is 10.0 Å². The van der Waals surface area contributed by atoms with Crippen LogP contribution in [0.5, 0.6) is 0 Å². The average molecular weight is 306 g/mol. The number of benzene rings is 1. The molecule has 8 heteroatoms. The number of fused-ring (bicyclic) bond motifs is 2. The Balaban J connectivity index is 1.85. The number of hydrogen-bond donors (Lipinski definition) is 1. The van der Waals surface area contributed by atoms with Gasteiger partial charge < -0.3 is 5.32 Å². The topological polar surface area (TPSA) is 76.9 Å². The normalized spacial score (nSPS) is 14.8. The molecule has 0 fully saturated rings. The van der Waals surface area contributed by atoms with Crippen LogP contribution in [-0.2, 0) is 23.1 Å². The molecule has 1 aromatic carbocycles. The maximum absolute atomic E-state index is 12.6. The standard InChI is InChI=1S/C12H10N4O2S2/c17-20(18,16-6-8-4-13-5-11(8)15-16)9-1-2-10-12(3-9)19-7-14-10/h1-3,6-7,13H,4-5H2. The first-order valence-corrected chi connectivity index (χ1v) is 8.33. The minimum atomic E-state index is -3.63. The van der Waals surface area contributed by atoms with E-state index < -0.39 is 10.0 Å². The van der Waals surface area contributed by atoms with Crippen LogP contribution in [0.2, 0.25) is 0 Å². The molecule has 0 saturated heterocycles. The van der Waals surface area contributed by atoms with Gasteiger partial charge in [0.05, 0.1) is 26.3 Å². The average Bonchev–Trinajstić information content (AvgIpc) is 3.12. The molecule has 2 aromatic heterocycles. The van der Waals surface area contributed by atoms with Gasteiger partial charge in [-0.25, -0.2) is 4.98 Å². The maximum Gasteiger partial charge on any atom is 0.283 e. The number of aromatic nitrogens is 3. The Bertz CT molecular complexity index is 889. The van der Waals surface area contributed by atoms with Gasteiger partial charge in [-0.15, -0.1) is 11.3 Å². The Morgan fingerprint density at radius 2 is 2.20 bits per heavy atom. The molecule has 0 radical (unpaired) electrons. The molecule has 0 bridgehead atoms. The summed E-state index contributed by atoms with van der Waals surface area (Å²) in [6.45, 7) is 1.28. The van der Waals surface area contributed by atoms with Crippen LogP contribution < -0.4 is 5.32 Å². The number of nitrogens with one attached hydrogen (secondary N) is 1. The summed E-state index contributed by atoms with van der Waals surface area (Å²) in [6.07, 6.45) is 1.58. The first-order valence-electron chi connectivity index (χ1n) is 6.01. The zero-order valence-corrected chi connectivity index (χ0v) is 11.9. The van der Waals surface area contributed by atoms with Crippen LogP contribution in [-0.4, -0.2) is 22.6 Å². The summed E-state index contributed by atoms with van der Waals surface area (Å²) in [4.78, 5) is 4.39. The SMILES string of the molecule is O=S(=O)(c1ccc2ncsc2c1)n1cc2c(n1)CNC2. The molecule has 20 heavy (non-hydrogen) atoms. The Morgan fingerprint density at radius 3 is 3.05 bits per heavy atom. The number of hydrogen-bond acceptors (Lipinski definition) is 6. The van der Waals surface area contributed by atoms with E-state index in [-0.39, 0.29) is 4.90 Å². The molecule has 0 aliphatic carbocycles. The van der Waals surface area contributed by atoms with Gasteiger partial charge in [-0.2, -0.15) is 17.6 Å². The smallest absolute Gasteiger partial charge is 0.283 e. The van der Waals surface area contributed by atoms with Crippen LogP contribution in [0.25, 0.3) is 10.2 Å². The molecule has 0 spiro atoms. The van der Waals surface area contributed by atoms with Crippen molar-refractivity contribution < 1.29 is 8.42 Å². The molecule has 1 aliphatic heterocycles. The summed E-state index contributed by atoms with van der Waals surface area (Å²) in [6, 6.07) is 4.94. The Kier molecular flexibility index (Phi) is 2.47. The van der Waals surface area contributed by atoms with E-state index in [0.717, 1.165) is 25.6 Å². The molecule has 0 saturated carbocycles. The fraction of sp³-hybridized carbons (Fsp3) is 0.167. The first kappa shape index (κ1) is 12.0. The van der Waals surface area contributed by atoms with Crippen molar-refractivity contribution in [2.75, 3.05) is 0 Å². The lowest BCUT2D eigenvalue weighted by molar-refractivity contribution is 0.578. The van der Waals surface area contributed by atoms with Crippen LogP contribution in [0, 0.1) is 0 Å². The van der Waals surface area contributed by atoms with Crippen LogP contribution in [0.4, 0.5) is 0 Å². The van der Waals surface area contributed by atoms with Gasteiger partial charge in [0, 0.05) is 24.8 Å². The molecule has 0 unspecified atom stereocenters. The second-order valence-electron chi connectivity index (χ2n) is 4.56. The van der Waals surface area contributed by atoms with Gasteiger partial charge in [0.1, 0.15) is 0 Å². The van der Waals surface area contributed by atoms with Crippen molar-refractivity contribution in [1.82, 2.24) is 19.5 Å². The van der Waals surface area contributed by atoms with Gasteiger partial charge in [0.15, 0.2) is 0 Å². The molecule has 3 aromatic rings. The van der Waals surface area contributed by atoms with Crippen LogP contribution >= 0.6 is 11.3 Å². The fourth-order valence-corrected chi connectivity index (χ4v) is 4.24. The van der Waals surface area contributed by atoms with E-state index in [4.69, 9.17) is 0 Å². The second kappa shape index (κ2) is 4.11. The molecule has 4 rings (SSSR count). The van der Waals surface area contributed by atoms with Crippen LogP contribution in [0.3, 0.4) is 0 Å². The van der Waals surface area contributed by atoms with Crippen molar-refractivity contribution >= 4 is 31.6 Å². The number of nitrogens with zero attached hydrogens (tertiary/aromatic N) is 3. The lowest BCUT2D eigenvalue weighted by Crippen LogP contribution is -2.15. The van der Waals surface area contributed by atoms with Crippen LogP contribution in [0.15, 0.2) is 34.8 Å². The molecule has 1 aliphatic rings. The number of thiazole rings is 1. The predicted molar refractivity (Wildman–Crippen MR) is 75.0 cm³/mol. The van der Waals surface area contributed by atoms with E-state index in [1.807, 2.05) is 0 Å². The van der Waals surface area contributed by atoms with Crippen molar-refractivity contribution in [2.45, 2.75) is 18.0 Å². The third-order valence-corrected chi connectivity index (χ3v) is 5.63. The largest absolute Gasteiger partial charge is 0.307 e. The van der Waals surface area contributed by atoms with Gasteiger partial charge >= 0.3 is 0 Å². The van der Waals surface area contributed by atoms with E-state index in [1.165, 1.54) is 11.3 Å². The quantitative estimate of drug-likeness (QED) is 0.773. The fourth-order valence-electron chi connectivity index (χ4n) is 2.26. The van der Waals surface area contributed by atoms with E-state index in [1.54, 1.807) is 29.9 Å². The van der Waals surface area contributed by atoms with Crippen molar-refractivity contribution in [3.8, 4) is 0 Å². The minimum absolute atomic E-state index is 0.239. The van der Waals surface area contributed by atoms with E-state index in [2.05, 4.69) is 15.4 Å². The molecule has 3 heterocycles. The lowest BCUT2D eigenvalue weighted by atomic mass is 10.3. The summed E-state index contributed by atoms with van der Waals surface area (Å²) in [5, 5.41) is 7.29. The molecule has 6 nitrogen and oxygen atoms in total. The van der Waals surface area contributed by atoms with Crippen molar-refractivity contribution in [3.05, 3.63) is 41.2 Å². The Morgan fingerprint density at radius 1 is 1.30 bits per heavy atom. The van der Waals surface area contributed by atoms with Crippen molar-refractivity contribution in [1.29, 1.82) is 0 Å². The summed E-state index contributed by atoms with van der Waals surface area (Å²) in [7, 11) is -3.63. The minimum Gasteiger partial charge on any atom is -0.307 e. The van der Waals surface area contributed by atoms with Crippen molar-refractivity contribution in [2.24, 2.45) is 0 Å². The monoisotopic (exact) mass is 306 g/mol. The molecule has 1 N–H and O–H groups in total. The van der Waals surface area contributed by atoms with Gasteiger partial charge in [-0.1, -0.05) is 0 Å². The Hall–Kier alpha value is -1.77. The second-order valence-corrected chi connectivity index (χ2v) is 7.25. The highest BCUT2D eigenvalue weighted by Crippen LogP contribution is 2.24. The van der Waals surface area contributed by atoms with Crippen molar-refractivity contribution in [3.63, 3.8) is 0 Å². The summed E-state index contributed by atoms with van der Waals surface area (Å²) in [5.74, 6) is 0. The van der Waals surface area contributed by atoms with E-state index >= 15 is 0 Å². The van der Waals surface area contributed by atoms with E-state index in [0.29, 0.717) is 13.1 Å². The summed E-state index contributed by atoms with van der Waals surface area (Å²) < 4.78 is 27.1. The number of rotatable bonds is 2. The molecular formula is C12H10N4O2S2. The molecule has 0 atom stereocenters. The zero-order valence-electron chi connectivity index (χ0n) is 10.3. The predicted octanol–water partition coefficient (Wildman–Crippen LogP) is 1.33. The zero-order chi connectivity index (χ0) is 13.7. The highest BCUT2D eigenvalue weighted by atomic mass is 32.2. The summed E-state index contributed by atoms with van der Waals surface area (Å²) in [5.41, 5.74) is 4.25. The molecule has 102 valence electrons. The molecule has 0 amide bonds. The van der Waals surface area contributed by atoms with Gasteiger partial charge in [0.2, 0.25) is 0 Å². The first-order chi connectivity index (χ1) is 9.64. The third kappa shape index (κ3) is 1.69. The van der Waals surface area contributed by atoms with E-state index in [9.17, 15) is 8.42 Å². The van der Waals surface area contributed by atoms with Crippen LogP contribution in [0.1, 0.15) is 11.3 Å².